The topological polar surface area (TPSA) is 97.6 Å². The molecule has 114 valence electrons. The van der Waals surface area contributed by atoms with Gasteiger partial charge in [-0.15, -0.1) is 0 Å². The number of rotatable bonds is 4. The van der Waals surface area contributed by atoms with Crippen LogP contribution in [0, 0.1) is 15.9 Å². The standard InChI is InChI=1S/C12H13FN2O5S/c13-12-9(2-1-3-11(12)15(17)18)8-21(19,20)14-6-4-10(16)5-7-14/h1-3H,4-8H2. The number of nitrogens with zero attached hydrogens (tertiary/aromatic N) is 2. The van der Waals surface area contributed by atoms with E-state index < -0.39 is 32.2 Å². The molecule has 0 aliphatic carbocycles. The summed E-state index contributed by atoms with van der Waals surface area (Å²) in [5.74, 6) is -1.81. The second-order valence-electron chi connectivity index (χ2n) is 4.70. The van der Waals surface area contributed by atoms with E-state index in [9.17, 15) is 27.7 Å². The molecule has 1 aromatic rings. The monoisotopic (exact) mass is 316 g/mol. The summed E-state index contributed by atoms with van der Waals surface area (Å²) in [7, 11) is -3.81. The second-order valence-corrected chi connectivity index (χ2v) is 6.67. The van der Waals surface area contributed by atoms with Crippen molar-refractivity contribution < 1.29 is 22.5 Å². The number of hydrogen-bond acceptors (Lipinski definition) is 5. The van der Waals surface area contributed by atoms with Crippen molar-refractivity contribution in [2.75, 3.05) is 13.1 Å². The first-order chi connectivity index (χ1) is 9.81. The third-order valence-corrected chi connectivity index (χ3v) is 5.09. The largest absolute Gasteiger partial charge is 0.305 e. The van der Waals surface area contributed by atoms with Gasteiger partial charge in [-0.25, -0.2) is 12.7 Å². The first kappa shape index (κ1) is 15.5. The zero-order valence-corrected chi connectivity index (χ0v) is 11.8. The quantitative estimate of drug-likeness (QED) is 0.614. The molecule has 0 atom stereocenters. The van der Waals surface area contributed by atoms with Gasteiger partial charge in [0.2, 0.25) is 15.8 Å². The highest BCUT2D eigenvalue weighted by Gasteiger charge is 2.29. The van der Waals surface area contributed by atoms with E-state index in [0.717, 1.165) is 10.4 Å². The molecule has 1 aromatic carbocycles. The number of hydrogen-bond donors (Lipinski definition) is 0. The highest BCUT2D eigenvalue weighted by atomic mass is 32.2. The Labute approximate surface area is 120 Å². The van der Waals surface area contributed by atoms with Crippen LogP contribution in [0.1, 0.15) is 18.4 Å². The smallest absolute Gasteiger partial charge is 0.300 e. The van der Waals surface area contributed by atoms with Crippen LogP contribution in [0.4, 0.5) is 10.1 Å². The van der Waals surface area contributed by atoms with Gasteiger partial charge >= 0.3 is 5.69 Å². The van der Waals surface area contributed by atoms with Gasteiger partial charge in [-0.05, 0) is 0 Å². The lowest BCUT2D eigenvalue weighted by Crippen LogP contribution is -2.39. The molecule has 0 unspecified atom stereocenters. The van der Waals surface area contributed by atoms with Crippen LogP contribution >= 0.6 is 0 Å². The minimum atomic E-state index is -3.81. The van der Waals surface area contributed by atoms with Gasteiger partial charge in [0.15, 0.2) is 0 Å². The molecule has 21 heavy (non-hydrogen) atoms. The number of carbonyl (C=O) groups excluding carboxylic acids is 1. The third-order valence-electron chi connectivity index (χ3n) is 3.27. The second kappa shape index (κ2) is 5.86. The average Bonchev–Trinajstić information content (AvgIpc) is 2.41. The number of piperidine rings is 1. The maximum absolute atomic E-state index is 13.9. The minimum absolute atomic E-state index is 0.0111. The minimum Gasteiger partial charge on any atom is -0.300 e. The van der Waals surface area contributed by atoms with E-state index in [-0.39, 0.29) is 37.3 Å². The number of nitro benzene ring substituents is 1. The van der Waals surface area contributed by atoms with Crippen molar-refractivity contribution in [2.45, 2.75) is 18.6 Å². The summed E-state index contributed by atoms with van der Waals surface area (Å²) in [4.78, 5) is 20.9. The Kier molecular flexibility index (Phi) is 4.33. The van der Waals surface area contributed by atoms with Gasteiger partial charge in [0, 0.05) is 37.6 Å². The Hall–Kier alpha value is -1.87. The maximum atomic E-state index is 13.9. The van der Waals surface area contributed by atoms with Gasteiger partial charge in [0.25, 0.3) is 0 Å². The molecule has 0 bridgehead atoms. The Morgan fingerprint density at radius 2 is 1.90 bits per heavy atom. The molecule has 7 nitrogen and oxygen atoms in total. The van der Waals surface area contributed by atoms with Crippen LogP contribution in [0.2, 0.25) is 0 Å². The highest BCUT2D eigenvalue weighted by Crippen LogP contribution is 2.23. The number of carbonyl (C=O) groups is 1. The van der Waals surface area contributed by atoms with E-state index in [0.29, 0.717) is 0 Å². The summed E-state index contributed by atoms with van der Waals surface area (Å²) >= 11 is 0. The number of benzene rings is 1. The van der Waals surface area contributed by atoms with Gasteiger partial charge < -0.3 is 0 Å². The SMILES string of the molecule is O=C1CCN(S(=O)(=O)Cc2cccc([N+](=O)[O-])c2F)CC1. The predicted octanol–water partition coefficient (Wildman–Crippen LogP) is 1.23. The van der Waals surface area contributed by atoms with Crippen LogP contribution < -0.4 is 0 Å². The van der Waals surface area contributed by atoms with Crippen LogP contribution in [0.3, 0.4) is 0 Å². The van der Waals surface area contributed by atoms with Crippen molar-refractivity contribution in [3.63, 3.8) is 0 Å². The summed E-state index contributed by atoms with van der Waals surface area (Å²) in [6, 6.07) is 3.42. The molecular formula is C12H13FN2O5S. The molecule has 1 heterocycles. The molecule has 1 aliphatic heterocycles. The Morgan fingerprint density at radius 3 is 2.48 bits per heavy atom. The van der Waals surface area contributed by atoms with Gasteiger partial charge in [-0.1, -0.05) is 12.1 Å². The molecule has 1 fully saturated rings. The van der Waals surface area contributed by atoms with E-state index in [1.807, 2.05) is 0 Å². The van der Waals surface area contributed by atoms with Crippen molar-refractivity contribution in [1.82, 2.24) is 4.31 Å². The summed E-state index contributed by atoms with van der Waals surface area (Å²) in [5, 5.41) is 10.6. The molecule has 9 heteroatoms. The normalized spacial score (nSPS) is 16.9. The lowest BCUT2D eigenvalue weighted by atomic mass is 10.1. The van der Waals surface area contributed by atoms with Gasteiger partial charge in [-0.3, -0.25) is 14.9 Å². The van der Waals surface area contributed by atoms with Crippen molar-refractivity contribution in [3.8, 4) is 0 Å². The first-order valence-electron chi connectivity index (χ1n) is 6.22. The lowest BCUT2D eigenvalue weighted by molar-refractivity contribution is -0.387. The van der Waals surface area contributed by atoms with E-state index in [1.54, 1.807) is 0 Å². The predicted molar refractivity (Wildman–Crippen MR) is 71.5 cm³/mol. The van der Waals surface area contributed by atoms with Crippen LogP contribution in [-0.4, -0.2) is 36.5 Å². The van der Waals surface area contributed by atoms with Crippen LogP contribution in [0.15, 0.2) is 18.2 Å². The summed E-state index contributed by atoms with van der Waals surface area (Å²) in [6.07, 6.45) is 0.271. The molecule has 0 saturated carbocycles. The molecule has 1 aliphatic rings. The fraction of sp³-hybridized carbons (Fsp3) is 0.417. The third kappa shape index (κ3) is 3.42. The Bertz CT molecular complexity index is 679. The molecule has 1 saturated heterocycles. The van der Waals surface area contributed by atoms with Crippen molar-refractivity contribution >= 4 is 21.5 Å². The number of halogens is 1. The number of ketones is 1. The molecule has 0 aromatic heterocycles. The fourth-order valence-electron chi connectivity index (χ4n) is 2.12. The van der Waals surface area contributed by atoms with E-state index in [4.69, 9.17) is 0 Å². The van der Waals surface area contributed by atoms with Gasteiger partial charge in [0.1, 0.15) is 5.78 Å². The van der Waals surface area contributed by atoms with Crippen molar-refractivity contribution in [1.29, 1.82) is 0 Å². The van der Waals surface area contributed by atoms with Gasteiger partial charge in [-0.2, -0.15) is 4.39 Å². The Morgan fingerprint density at radius 1 is 1.29 bits per heavy atom. The zero-order chi connectivity index (χ0) is 15.6. The zero-order valence-electron chi connectivity index (χ0n) is 11.0. The molecule has 0 amide bonds. The average molecular weight is 316 g/mol. The molecule has 2 rings (SSSR count). The summed E-state index contributed by atoms with van der Waals surface area (Å²) in [6.45, 7) is 0.134. The van der Waals surface area contributed by atoms with Crippen LogP contribution in [0.25, 0.3) is 0 Å². The molecule has 0 radical (unpaired) electrons. The van der Waals surface area contributed by atoms with E-state index in [2.05, 4.69) is 0 Å². The lowest BCUT2D eigenvalue weighted by Gasteiger charge is -2.25. The molecule has 0 spiro atoms. The maximum Gasteiger partial charge on any atom is 0.305 e. The van der Waals surface area contributed by atoms with Crippen LogP contribution in [0.5, 0.6) is 0 Å². The molecular weight excluding hydrogens is 303 g/mol. The fourth-order valence-corrected chi connectivity index (χ4v) is 3.66. The Balaban J connectivity index is 2.23. The van der Waals surface area contributed by atoms with Crippen molar-refractivity contribution in [2.24, 2.45) is 0 Å². The summed E-state index contributed by atoms with van der Waals surface area (Å²) < 4.78 is 39.4. The van der Waals surface area contributed by atoms with Gasteiger partial charge in [0.05, 0.1) is 10.7 Å². The van der Waals surface area contributed by atoms with E-state index in [1.165, 1.54) is 12.1 Å². The van der Waals surface area contributed by atoms with E-state index >= 15 is 0 Å². The molecule has 0 N–H and O–H groups in total. The first-order valence-corrected chi connectivity index (χ1v) is 7.83. The summed E-state index contributed by atoms with van der Waals surface area (Å²) in [5.41, 5.74) is -1.00. The number of Topliss-reactive ketones (excluding diaryl/α,β-unsaturated/α-hetero) is 1. The number of nitro groups is 1. The highest BCUT2D eigenvalue weighted by molar-refractivity contribution is 7.88. The van der Waals surface area contributed by atoms with Crippen LogP contribution in [-0.2, 0) is 20.6 Å². The number of sulfonamides is 1. The van der Waals surface area contributed by atoms with Crippen molar-refractivity contribution in [3.05, 3.63) is 39.7 Å².